The SMILES string of the molecule is NS(=O)(=O)c1ccc(-c2nnc3sc(-c4ccc([N+](=O)[O-])cc4)nn23)cc1. The number of fused-ring (bicyclic) bond motifs is 1. The fourth-order valence-electron chi connectivity index (χ4n) is 2.43. The van der Waals surface area contributed by atoms with Gasteiger partial charge in [0.1, 0.15) is 5.01 Å². The molecule has 12 heteroatoms. The first-order chi connectivity index (χ1) is 12.8. The fraction of sp³-hybridized carbons (Fsp3) is 0. The van der Waals surface area contributed by atoms with Gasteiger partial charge in [-0.05, 0) is 36.4 Å². The first-order valence-electron chi connectivity index (χ1n) is 7.43. The molecular formula is C15H10N6O4S2. The Bertz CT molecular complexity index is 1260. The van der Waals surface area contributed by atoms with Crippen LogP contribution >= 0.6 is 11.3 Å². The van der Waals surface area contributed by atoms with E-state index < -0.39 is 14.9 Å². The maximum Gasteiger partial charge on any atom is 0.269 e. The quantitative estimate of drug-likeness (QED) is 0.406. The number of nitrogens with two attached hydrogens (primary N) is 1. The van der Waals surface area contributed by atoms with E-state index in [1.807, 2.05) is 0 Å². The number of non-ortho nitro benzene ring substituents is 1. The Kier molecular flexibility index (Phi) is 3.95. The third-order valence-electron chi connectivity index (χ3n) is 3.76. The van der Waals surface area contributed by atoms with Gasteiger partial charge in [0.25, 0.3) is 5.69 Å². The van der Waals surface area contributed by atoms with Crippen molar-refractivity contribution < 1.29 is 13.3 Å². The number of nitro groups is 1. The van der Waals surface area contributed by atoms with E-state index in [0.29, 0.717) is 26.9 Å². The first-order valence-corrected chi connectivity index (χ1v) is 9.79. The molecule has 0 saturated carbocycles. The van der Waals surface area contributed by atoms with Crippen molar-refractivity contribution in [2.75, 3.05) is 0 Å². The highest BCUT2D eigenvalue weighted by atomic mass is 32.2. The van der Waals surface area contributed by atoms with Crippen LogP contribution in [0.1, 0.15) is 0 Å². The number of primary sulfonamides is 1. The van der Waals surface area contributed by atoms with Crippen molar-refractivity contribution in [3.63, 3.8) is 0 Å². The second-order valence-electron chi connectivity index (χ2n) is 5.50. The summed E-state index contributed by atoms with van der Waals surface area (Å²) in [5.41, 5.74) is 1.33. The summed E-state index contributed by atoms with van der Waals surface area (Å²) in [4.78, 5) is 10.8. The topological polar surface area (TPSA) is 146 Å². The lowest BCUT2D eigenvalue weighted by atomic mass is 10.2. The van der Waals surface area contributed by atoms with Crippen LogP contribution in [-0.4, -0.2) is 33.2 Å². The predicted molar refractivity (Wildman–Crippen MR) is 97.6 cm³/mol. The maximum atomic E-state index is 11.4. The van der Waals surface area contributed by atoms with Crippen LogP contribution in [-0.2, 0) is 10.0 Å². The second kappa shape index (κ2) is 6.19. The van der Waals surface area contributed by atoms with Gasteiger partial charge < -0.3 is 0 Å². The summed E-state index contributed by atoms with van der Waals surface area (Å²) >= 11 is 1.28. The molecule has 0 radical (unpaired) electrons. The Hall–Kier alpha value is -3.22. The van der Waals surface area contributed by atoms with E-state index in [4.69, 9.17) is 5.14 Å². The number of nitro benzene ring substituents is 1. The molecule has 4 aromatic rings. The Balaban J connectivity index is 1.73. The van der Waals surface area contributed by atoms with Gasteiger partial charge in [-0.15, -0.1) is 10.2 Å². The smallest absolute Gasteiger partial charge is 0.258 e. The molecule has 0 spiro atoms. The van der Waals surface area contributed by atoms with Crippen LogP contribution in [0.5, 0.6) is 0 Å². The van der Waals surface area contributed by atoms with Gasteiger partial charge in [0.2, 0.25) is 15.0 Å². The minimum atomic E-state index is -3.78. The summed E-state index contributed by atoms with van der Waals surface area (Å²) in [5, 5.41) is 29.1. The van der Waals surface area contributed by atoms with E-state index in [1.165, 1.54) is 40.1 Å². The van der Waals surface area contributed by atoms with Crippen molar-refractivity contribution in [1.29, 1.82) is 0 Å². The van der Waals surface area contributed by atoms with Gasteiger partial charge >= 0.3 is 0 Å². The van der Waals surface area contributed by atoms with Gasteiger partial charge in [0, 0.05) is 23.3 Å². The zero-order valence-corrected chi connectivity index (χ0v) is 15.0. The van der Waals surface area contributed by atoms with E-state index in [9.17, 15) is 18.5 Å². The third kappa shape index (κ3) is 3.16. The second-order valence-corrected chi connectivity index (χ2v) is 8.02. The van der Waals surface area contributed by atoms with E-state index in [0.717, 1.165) is 0 Å². The molecule has 136 valence electrons. The molecule has 2 N–H and O–H groups in total. The molecule has 2 aromatic carbocycles. The number of nitrogens with zero attached hydrogens (tertiary/aromatic N) is 5. The van der Waals surface area contributed by atoms with E-state index in [1.54, 1.807) is 24.3 Å². The molecule has 0 aliphatic heterocycles. The molecule has 0 amide bonds. The molecule has 0 bridgehead atoms. The molecule has 27 heavy (non-hydrogen) atoms. The molecule has 2 aromatic heterocycles. The molecule has 0 fully saturated rings. The van der Waals surface area contributed by atoms with Crippen molar-refractivity contribution >= 4 is 32.0 Å². The number of rotatable bonds is 4. The van der Waals surface area contributed by atoms with Gasteiger partial charge in [0.15, 0.2) is 5.82 Å². The average molecular weight is 402 g/mol. The molecule has 0 unspecified atom stereocenters. The van der Waals surface area contributed by atoms with E-state index in [-0.39, 0.29) is 10.6 Å². The zero-order chi connectivity index (χ0) is 19.2. The maximum absolute atomic E-state index is 11.4. The van der Waals surface area contributed by atoms with Crippen molar-refractivity contribution in [3.05, 3.63) is 58.6 Å². The lowest BCUT2D eigenvalue weighted by Crippen LogP contribution is -2.11. The number of hydrogen-bond donors (Lipinski definition) is 1. The number of hydrogen-bond acceptors (Lipinski definition) is 8. The van der Waals surface area contributed by atoms with Crippen LogP contribution in [0.3, 0.4) is 0 Å². The molecular weight excluding hydrogens is 392 g/mol. The molecule has 0 aliphatic carbocycles. The van der Waals surface area contributed by atoms with Crippen LogP contribution in [0.15, 0.2) is 53.4 Å². The lowest BCUT2D eigenvalue weighted by molar-refractivity contribution is -0.384. The first kappa shape index (κ1) is 17.2. The third-order valence-corrected chi connectivity index (χ3v) is 5.63. The highest BCUT2D eigenvalue weighted by molar-refractivity contribution is 7.89. The van der Waals surface area contributed by atoms with Crippen LogP contribution in [0.2, 0.25) is 0 Å². The monoisotopic (exact) mass is 402 g/mol. The molecule has 2 heterocycles. The standard InChI is InChI=1S/C15H10N6O4S2/c16-27(24,25)12-7-3-9(4-8-12)13-17-18-15-20(13)19-14(26-15)10-1-5-11(6-2-10)21(22)23/h1-8H,(H2,16,24,25). The van der Waals surface area contributed by atoms with Gasteiger partial charge in [-0.1, -0.05) is 11.3 Å². The van der Waals surface area contributed by atoms with Crippen LogP contribution in [0.25, 0.3) is 26.9 Å². The summed E-state index contributed by atoms with van der Waals surface area (Å²) in [6, 6.07) is 12.0. The summed E-state index contributed by atoms with van der Waals surface area (Å²) in [6.45, 7) is 0. The summed E-state index contributed by atoms with van der Waals surface area (Å²) in [5.74, 6) is 0.440. The van der Waals surface area contributed by atoms with Crippen molar-refractivity contribution in [3.8, 4) is 22.0 Å². The minimum Gasteiger partial charge on any atom is -0.258 e. The van der Waals surface area contributed by atoms with Crippen molar-refractivity contribution in [1.82, 2.24) is 19.8 Å². The Labute approximate surface area is 156 Å². The Morgan fingerprint density at radius 3 is 2.22 bits per heavy atom. The van der Waals surface area contributed by atoms with E-state index >= 15 is 0 Å². The fourth-order valence-corrected chi connectivity index (χ4v) is 3.79. The minimum absolute atomic E-state index is 0.00242. The van der Waals surface area contributed by atoms with Gasteiger partial charge in [0.05, 0.1) is 9.82 Å². The van der Waals surface area contributed by atoms with Crippen LogP contribution in [0, 0.1) is 10.1 Å². The number of sulfonamides is 1. The summed E-state index contributed by atoms with van der Waals surface area (Å²) < 4.78 is 24.3. The Morgan fingerprint density at radius 1 is 1.00 bits per heavy atom. The lowest BCUT2D eigenvalue weighted by Gasteiger charge is -2.00. The zero-order valence-electron chi connectivity index (χ0n) is 13.4. The number of aromatic nitrogens is 4. The van der Waals surface area contributed by atoms with Gasteiger partial charge in [-0.3, -0.25) is 10.1 Å². The van der Waals surface area contributed by atoms with Crippen molar-refractivity contribution in [2.45, 2.75) is 4.90 Å². The molecule has 0 aliphatic rings. The highest BCUT2D eigenvalue weighted by Crippen LogP contribution is 2.29. The van der Waals surface area contributed by atoms with Gasteiger partial charge in [-0.25, -0.2) is 13.6 Å². The van der Waals surface area contributed by atoms with Crippen LogP contribution in [0.4, 0.5) is 5.69 Å². The van der Waals surface area contributed by atoms with Crippen LogP contribution < -0.4 is 5.14 Å². The molecule has 0 atom stereocenters. The summed E-state index contributed by atoms with van der Waals surface area (Å²) in [7, 11) is -3.78. The van der Waals surface area contributed by atoms with Crippen molar-refractivity contribution in [2.24, 2.45) is 5.14 Å². The highest BCUT2D eigenvalue weighted by Gasteiger charge is 2.16. The number of benzene rings is 2. The molecule has 4 rings (SSSR count). The predicted octanol–water partition coefficient (Wildman–Crippen LogP) is 2.08. The largest absolute Gasteiger partial charge is 0.269 e. The Morgan fingerprint density at radius 2 is 1.63 bits per heavy atom. The van der Waals surface area contributed by atoms with E-state index in [2.05, 4.69) is 15.3 Å². The molecule has 0 saturated heterocycles. The average Bonchev–Trinajstić information content (AvgIpc) is 3.22. The molecule has 10 nitrogen and oxygen atoms in total. The normalized spacial score (nSPS) is 11.7. The van der Waals surface area contributed by atoms with Gasteiger partial charge in [-0.2, -0.15) is 9.61 Å². The summed E-state index contributed by atoms with van der Waals surface area (Å²) in [6.07, 6.45) is 0.